The molecule has 0 fully saturated rings. The van der Waals surface area contributed by atoms with Crippen molar-refractivity contribution in [1.82, 2.24) is 0 Å². The molecule has 4 N–H and O–H groups in total. The Morgan fingerprint density at radius 3 is 2.60 bits per heavy atom. The van der Waals surface area contributed by atoms with E-state index in [4.69, 9.17) is 5.73 Å². The fraction of sp³-hybridized carbons (Fsp3) is 0.333. The number of anilines is 2. The molecule has 0 saturated carbocycles. The number of nitrogens with one attached hydrogen (secondary N) is 1. The van der Waals surface area contributed by atoms with E-state index in [1.165, 1.54) is 0 Å². The summed E-state index contributed by atoms with van der Waals surface area (Å²) in [5, 5.41) is 2.87. The Balaban J connectivity index is 3.51. The van der Waals surface area contributed by atoms with Gasteiger partial charge in [-0.15, -0.1) is 0 Å². The van der Waals surface area contributed by atoms with Crippen LogP contribution in [0.4, 0.5) is 11.4 Å². The first-order chi connectivity index (χ1) is 6.90. The summed E-state index contributed by atoms with van der Waals surface area (Å²) < 4.78 is 20.8. The lowest BCUT2D eigenvalue weighted by Crippen LogP contribution is -2.06. The van der Waals surface area contributed by atoms with Crippen molar-refractivity contribution in [3.05, 3.63) is 17.7 Å². The van der Waals surface area contributed by atoms with Gasteiger partial charge in [0.05, 0.1) is 16.3 Å². The smallest absolute Gasteiger partial charge is 0.173 e. The molecule has 0 radical (unpaired) electrons. The molecule has 0 aromatic heterocycles. The molecule has 1 aromatic carbocycles. The van der Waals surface area contributed by atoms with E-state index in [2.05, 4.69) is 16.5 Å². The topological polar surface area (TPSA) is 75.3 Å². The second kappa shape index (κ2) is 4.34. The predicted molar refractivity (Wildman–Crippen MR) is 66.2 cm³/mol. The van der Waals surface area contributed by atoms with Gasteiger partial charge in [0.1, 0.15) is 0 Å². The minimum atomic E-state index is -3.43. The van der Waals surface area contributed by atoms with Crippen LogP contribution in [0.3, 0.4) is 0 Å². The first-order valence-corrected chi connectivity index (χ1v) is 6.91. The Labute approximate surface area is 94.4 Å². The Kier molecular flexibility index (Phi) is 3.54. The number of nitrogen functional groups attached to an aromatic ring is 1. The van der Waals surface area contributed by atoms with E-state index in [1.54, 1.807) is 13.1 Å². The molecule has 4 nitrogen and oxygen atoms in total. The van der Waals surface area contributed by atoms with E-state index in [-0.39, 0.29) is 10.6 Å². The molecule has 0 spiro atoms. The second-order valence-corrected chi connectivity index (χ2v) is 5.88. The van der Waals surface area contributed by atoms with E-state index in [0.717, 1.165) is 12.0 Å². The molecular weight excluding hydrogens is 232 g/mol. The summed E-state index contributed by atoms with van der Waals surface area (Å²) in [6, 6.07) is 3.44. The molecule has 15 heavy (non-hydrogen) atoms. The van der Waals surface area contributed by atoms with Crippen molar-refractivity contribution in [3.8, 4) is 0 Å². The highest BCUT2D eigenvalue weighted by atomic mass is 32.8. The highest BCUT2D eigenvalue weighted by Gasteiger charge is 2.14. The first-order valence-electron chi connectivity index (χ1n) is 4.47. The Bertz CT molecular complexity index is 469. The van der Waals surface area contributed by atoms with Gasteiger partial charge >= 0.3 is 0 Å². The molecule has 84 valence electrons. The van der Waals surface area contributed by atoms with Crippen LogP contribution in [0.1, 0.15) is 12.5 Å². The van der Waals surface area contributed by atoms with Crippen LogP contribution < -0.4 is 11.1 Å². The number of benzene rings is 1. The molecule has 0 amide bonds. The van der Waals surface area contributed by atoms with Crippen molar-refractivity contribution >= 4 is 31.3 Å². The minimum Gasteiger partial charge on any atom is -0.396 e. The normalized spacial score (nSPS) is 14.6. The van der Waals surface area contributed by atoms with Gasteiger partial charge in [-0.05, 0) is 24.1 Å². The van der Waals surface area contributed by atoms with E-state index >= 15 is 0 Å². The van der Waals surface area contributed by atoms with Crippen LogP contribution in [0, 0.1) is 0 Å². The zero-order valence-electron chi connectivity index (χ0n) is 8.61. The van der Waals surface area contributed by atoms with Crippen molar-refractivity contribution < 1.29 is 8.76 Å². The van der Waals surface area contributed by atoms with Gasteiger partial charge < -0.3 is 15.6 Å². The summed E-state index contributed by atoms with van der Waals surface area (Å²) in [7, 11) is -1.72. The lowest BCUT2D eigenvalue weighted by molar-refractivity contribution is 0.562. The summed E-state index contributed by atoms with van der Waals surface area (Å²) in [5.74, 6) is 0. The van der Waals surface area contributed by atoms with Crippen LogP contribution in [0.5, 0.6) is 0 Å². The van der Waals surface area contributed by atoms with Crippen LogP contribution >= 0.6 is 0 Å². The lowest BCUT2D eigenvalue weighted by Gasteiger charge is -2.12. The van der Waals surface area contributed by atoms with Crippen LogP contribution in [0.25, 0.3) is 0 Å². The van der Waals surface area contributed by atoms with Crippen molar-refractivity contribution in [1.29, 1.82) is 0 Å². The summed E-state index contributed by atoms with van der Waals surface area (Å²) >= 11 is 4.53. The molecular formula is C9H14N2O2S2. The van der Waals surface area contributed by atoms with Crippen LogP contribution in [-0.2, 0) is 26.4 Å². The third kappa shape index (κ3) is 2.58. The fourth-order valence-electron chi connectivity index (χ4n) is 1.31. The summed E-state index contributed by atoms with van der Waals surface area (Å²) in [6.07, 6.45) is 0.757. The Hall–Kier alpha value is -0.850. The largest absolute Gasteiger partial charge is 0.396 e. The van der Waals surface area contributed by atoms with Crippen LogP contribution in [-0.4, -0.2) is 15.8 Å². The molecule has 0 aliphatic carbocycles. The molecule has 6 heteroatoms. The molecule has 1 atom stereocenters. The van der Waals surface area contributed by atoms with Crippen molar-refractivity contribution in [2.75, 3.05) is 18.1 Å². The standard InChI is InChI=1S/C9H14N2O2S2/c1-3-6-4-7(11-2)9(10)8(5-6)15(12,13)14/h4-5,11H,3,10H2,1-2H3,(H,12,13,14). The molecule has 0 aliphatic rings. The third-order valence-corrected chi connectivity index (χ3v) is 3.59. The third-order valence-electron chi connectivity index (χ3n) is 2.16. The average Bonchev–Trinajstić information content (AvgIpc) is 2.16. The molecule has 0 saturated heterocycles. The number of nitrogens with two attached hydrogens (primary N) is 1. The number of rotatable bonds is 3. The number of hydrogen-bond donors (Lipinski definition) is 3. The van der Waals surface area contributed by atoms with Gasteiger partial charge in [0.15, 0.2) is 8.77 Å². The van der Waals surface area contributed by atoms with E-state index in [1.807, 2.05) is 13.0 Å². The Morgan fingerprint density at radius 2 is 2.20 bits per heavy atom. The molecule has 1 aromatic rings. The Morgan fingerprint density at radius 1 is 1.60 bits per heavy atom. The molecule has 1 unspecified atom stereocenters. The van der Waals surface area contributed by atoms with E-state index in [0.29, 0.717) is 5.69 Å². The SMILES string of the molecule is CCc1cc(NC)c(N)c(S(=O)(O)=S)c1. The van der Waals surface area contributed by atoms with Gasteiger partial charge in [-0.1, -0.05) is 6.92 Å². The van der Waals surface area contributed by atoms with Gasteiger partial charge in [0.25, 0.3) is 0 Å². The quantitative estimate of drug-likeness (QED) is 0.704. The predicted octanol–water partition coefficient (Wildman–Crippen LogP) is 1.45. The maximum atomic E-state index is 11.4. The number of hydrogen-bond acceptors (Lipinski definition) is 4. The zero-order chi connectivity index (χ0) is 11.6. The monoisotopic (exact) mass is 246 g/mol. The second-order valence-electron chi connectivity index (χ2n) is 3.13. The highest BCUT2D eigenvalue weighted by Crippen LogP contribution is 2.28. The summed E-state index contributed by atoms with van der Waals surface area (Å²) in [4.78, 5) is 0.126. The van der Waals surface area contributed by atoms with Gasteiger partial charge in [0, 0.05) is 18.2 Å². The van der Waals surface area contributed by atoms with Gasteiger partial charge in [0.2, 0.25) is 0 Å². The van der Waals surface area contributed by atoms with E-state index < -0.39 is 8.77 Å². The summed E-state index contributed by atoms with van der Waals surface area (Å²) in [6.45, 7) is 1.96. The molecule has 0 heterocycles. The fourth-order valence-corrected chi connectivity index (χ4v) is 2.41. The highest BCUT2D eigenvalue weighted by molar-refractivity contribution is 8.29. The lowest BCUT2D eigenvalue weighted by atomic mass is 10.1. The van der Waals surface area contributed by atoms with Gasteiger partial charge in [-0.25, -0.2) is 4.21 Å². The van der Waals surface area contributed by atoms with Crippen molar-refractivity contribution in [2.45, 2.75) is 18.2 Å². The minimum absolute atomic E-state index is 0.126. The molecule has 0 aliphatic heterocycles. The number of aryl methyl sites for hydroxylation is 1. The van der Waals surface area contributed by atoms with Crippen molar-refractivity contribution in [3.63, 3.8) is 0 Å². The maximum absolute atomic E-state index is 11.4. The average molecular weight is 246 g/mol. The molecule has 1 rings (SSSR count). The van der Waals surface area contributed by atoms with Crippen LogP contribution in [0.15, 0.2) is 17.0 Å². The first kappa shape index (κ1) is 12.2. The molecule has 0 bridgehead atoms. The zero-order valence-corrected chi connectivity index (χ0v) is 10.2. The van der Waals surface area contributed by atoms with E-state index in [9.17, 15) is 8.76 Å². The summed E-state index contributed by atoms with van der Waals surface area (Å²) in [5.41, 5.74) is 7.54. The van der Waals surface area contributed by atoms with Gasteiger partial charge in [-0.3, -0.25) is 0 Å². The van der Waals surface area contributed by atoms with Gasteiger partial charge in [-0.2, -0.15) is 0 Å². The van der Waals surface area contributed by atoms with Crippen molar-refractivity contribution in [2.24, 2.45) is 0 Å². The van der Waals surface area contributed by atoms with Crippen LogP contribution in [0.2, 0.25) is 0 Å². The maximum Gasteiger partial charge on any atom is 0.173 e.